The fraction of sp³-hybridized carbons (Fsp3) is 0.318. The van der Waals surface area contributed by atoms with Crippen molar-refractivity contribution in [3.8, 4) is 5.75 Å². The van der Waals surface area contributed by atoms with E-state index < -0.39 is 33.8 Å². The average Bonchev–Trinajstić information content (AvgIpc) is 2.70. The zero-order chi connectivity index (χ0) is 20.7. The molecule has 150 valence electrons. The summed E-state index contributed by atoms with van der Waals surface area (Å²) < 4.78 is 26.4. The quantitative estimate of drug-likeness (QED) is 0.532. The second kappa shape index (κ2) is 9.66. The number of benzene rings is 2. The summed E-state index contributed by atoms with van der Waals surface area (Å²) in [5, 5.41) is 0. The predicted octanol–water partition coefficient (Wildman–Crippen LogP) is 4.20. The molecule has 0 aliphatic carbocycles. The zero-order valence-electron chi connectivity index (χ0n) is 16.7. The van der Waals surface area contributed by atoms with Crippen LogP contribution < -0.4 is 9.46 Å². The van der Waals surface area contributed by atoms with Gasteiger partial charge in [0.15, 0.2) is 0 Å². The van der Waals surface area contributed by atoms with Gasteiger partial charge in [-0.15, -0.1) is 0 Å². The number of hydrogen-bond acceptors (Lipinski definition) is 4. The number of nitrogens with one attached hydrogen (secondary N) is 1. The summed E-state index contributed by atoms with van der Waals surface area (Å²) in [5.74, 6) is 0.185. The van der Waals surface area contributed by atoms with E-state index in [-0.39, 0.29) is 0 Å². The molecular weight excluding hydrogens is 374 g/mol. The number of hydrogen-bond donors (Lipinski definition) is 1. The van der Waals surface area contributed by atoms with Gasteiger partial charge in [-0.1, -0.05) is 36.9 Å². The van der Waals surface area contributed by atoms with Crippen LogP contribution in [0.4, 0.5) is 0 Å². The molecular formula is C22H27NO4S. The van der Waals surface area contributed by atoms with E-state index in [1.54, 1.807) is 31.4 Å². The van der Waals surface area contributed by atoms with Gasteiger partial charge in [-0.2, -0.15) is 0 Å². The third-order valence-electron chi connectivity index (χ3n) is 4.06. The van der Waals surface area contributed by atoms with Crippen molar-refractivity contribution in [2.24, 2.45) is 0 Å². The summed E-state index contributed by atoms with van der Waals surface area (Å²) in [6.07, 6.45) is 0.809. The van der Waals surface area contributed by atoms with Gasteiger partial charge < -0.3 is 9.47 Å². The molecule has 28 heavy (non-hydrogen) atoms. The van der Waals surface area contributed by atoms with Crippen molar-refractivity contribution in [1.29, 1.82) is 0 Å². The van der Waals surface area contributed by atoms with Crippen LogP contribution in [0.2, 0.25) is 0 Å². The van der Waals surface area contributed by atoms with Gasteiger partial charge in [0.05, 0.1) is 34.4 Å². The van der Waals surface area contributed by atoms with Gasteiger partial charge in [0.25, 0.3) is 0 Å². The Morgan fingerprint density at radius 2 is 1.82 bits per heavy atom. The Morgan fingerprint density at radius 1 is 1.14 bits per heavy atom. The van der Waals surface area contributed by atoms with Crippen molar-refractivity contribution in [3.05, 3.63) is 78.4 Å². The summed E-state index contributed by atoms with van der Waals surface area (Å²) in [5.41, 5.74) is 1.22. The standard InChI is InChI=1S/C22H27NO4S/c1-6-19(27-21(24)16-11-8-7-9-12-16)20(23-28(25)22(2,3)4)17-13-10-14-18(15-17)26-5/h6-15,19-20,23H,1H2,2-5H3/t19-,20+,28?/m1/s1. The molecule has 0 radical (unpaired) electrons. The highest BCUT2D eigenvalue weighted by atomic mass is 32.2. The summed E-state index contributed by atoms with van der Waals surface area (Å²) in [6.45, 7) is 9.44. The molecule has 0 heterocycles. The molecule has 2 rings (SSSR count). The molecule has 2 aromatic carbocycles. The highest BCUT2D eigenvalue weighted by Gasteiger charge is 2.30. The number of esters is 1. The van der Waals surface area contributed by atoms with Crippen molar-refractivity contribution in [2.45, 2.75) is 37.7 Å². The van der Waals surface area contributed by atoms with Gasteiger partial charge in [0.2, 0.25) is 0 Å². The van der Waals surface area contributed by atoms with E-state index in [0.717, 1.165) is 5.56 Å². The van der Waals surface area contributed by atoms with Gasteiger partial charge in [0.1, 0.15) is 11.9 Å². The Morgan fingerprint density at radius 3 is 2.39 bits per heavy atom. The molecule has 3 atom stereocenters. The van der Waals surface area contributed by atoms with Crippen molar-refractivity contribution in [3.63, 3.8) is 0 Å². The first-order valence-electron chi connectivity index (χ1n) is 8.97. The summed E-state index contributed by atoms with van der Waals surface area (Å²) >= 11 is 0. The number of carbonyl (C=O) groups excluding carboxylic acids is 1. The van der Waals surface area contributed by atoms with Crippen molar-refractivity contribution < 1.29 is 18.5 Å². The monoisotopic (exact) mass is 401 g/mol. The Hall–Kier alpha value is -2.44. The van der Waals surface area contributed by atoms with Crippen LogP contribution in [-0.4, -0.2) is 28.1 Å². The number of ether oxygens (including phenoxy) is 2. The lowest BCUT2D eigenvalue weighted by Gasteiger charge is -2.29. The van der Waals surface area contributed by atoms with Gasteiger partial charge in [0, 0.05) is 0 Å². The number of rotatable bonds is 8. The van der Waals surface area contributed by atoms with Crippen LogP contribution in [0.5, 0.6) is 5.75 Å². The van der Waals surface area contributed by atoms with Gasteiger partial charge >= 0.3 is 5.97 Å². The third-order valence-corrected chi connectivity index (χ3v) is 5.64. The largest absolute Gasteiger partial charge is 0.497 e. The predicted molar refractivity (Wildman–Crippen MR) is 113 cm³/mol. The lowest BCUT2D eigenvalue weighted by Crippen LogP contribution is -2.41. The smallest absolute Gasteiger partial charge is 0.338 e. The van der Waals surface area contributed by atoms with Crippen LogP contribution in [-0.2, 0) is 15.7 Å². The fourth-order valence-corrected chi connectivity index (χ4v) is 3.32. The maximum atomic E-state index is 12.8. The van der Waals surface area contributed by atoms with Gasteiger partial charge in [-0.25, -0.2) is 13.7 Å². The lowest BCUT2D eigenvalue weighted by atomic mass is 10.0. The molecule has 1 unspecified atom stereocenters. The minimum atomic E-state index is -1.39. The Bertz CT molecular complexity index is 830. The zero-order valence-corrected chi connectivity index (χ0v) is 17.5. The van der Waals surface area contributed by atoms with E-state index in [9.17, 15) is 9.00 Å². The molecule has 0 fully saturated rings. The average molecular weight is 402 g/mol. The first-order chi connectivity index (χ1) is 13.3. The molecule has 0 spiro atoms. The lowest BCUT2D eigenvalue weighted by molar-refractivity contribution is 0.0336. The van der Waals surface area contributed by atoms with Crippen molar-refractivity contribution in [2.75, 3.05) is 7.11 Å². The van der Waals surface area contributed by atoms with Crippen LogP contribution in [0.25, 0.3) is 0 Å². The van der Waals surface area contributed by atoms with Crippen LogP contribution >= 0.6 is 0 Å². The molecule has 0 saturated carbocycles. The molecule has 0 bridgehead atoms. The third kappa shape index (κ3) is 5.78. The molecule has 0 aromatic heterocycles. The van der Waals surface area contributed by atoms with Crippen LogP contribution in [0, 0.1) is 0 Å². The minimum absolute atomic E-state index is 0.440. The summed E-state index contributed by atoms with van der Waals surface area (Å²) in [4.78, 5) is 12.6. The first kappa shape index (κ1) is 21.9. The van der Waals surface area contributed by atoms with E-state index in [4.69, 9.17) is 9.47 Å². The van der Waals surface area contributed by atoms with E-state index in [2.05, 4.69) is 11.3 Å². The number of methoxy groups -OCH3 is 1. The van der Waals surface area contributed by atoms with Crippen LogP contribution in [0.3, 0.4) is 0 Å². The topological polar surface area (TPSA) is 64.6 Å². The molecule has 6 heteroatoms. The minimum Gasteiger partial charge on any atom is -0.497 e. The van der Waals surface area contributed by atoms with Crippen molar-refractivity contribution in [1.82, 2.24) is 4.72 Å². The fourth-order valence-electron chi connectivity index (χ4n) is 2.47. The van der Waals surface area contributed by atoms with E-state index >= 15 is 0 Å². The maximum Gasteiger partial charge on any atom is 0.338 e. The summed E-state index contributed by atoms with van der Waals surface area (Å²) in [7, 11) is 0.191. The van der Waals surface area contributed by atoms with E-state index in [1.807, 2.05) is 51.1 Å². The molecule has 2 aromatic rings. The second-order valence-electron chi connectivity index (χ2n) is 7.22. The molecule has 1 N–H and O–H groups in total. The Balaban J connectivity index is 2.35. The van der Waals surface area contributed by atoms with Crippen LogP contribution in [0.1, 0.15) is 42.7 Å². The molecule has 0 saturated heterocycles. The van der Waals surface area contributed by atoms with E-state index in [0.29, 0.717) is 11.3 Å². The second-order valence-corrected chi connectivity index (χ2v) is 9.22. The molecule has 0 amide bonds. The molecule has 0 aliphatic heterocycles. The van der Waals surface area contributed by atoms with Gasteiger partial charge in [-0.05, 0) is 56.7 Å². The Labute approximate surface area is 169 Å². The van der Waals surface area contributed by atoms with Gasteiger partial charge in [-0.3, -0.25) is 0 Å². The molecule has 5 nitrogen and oxygen atoms in total. The van der Waals surface area contributed by atoms with Crippen molar-refractivity contribution >= 4 is 17.0 Å². The maximum absolute atomic E-state index is 12.8. The Kier molecular flexibility index (Phi) is 7.54. The highest BCUT2D eigenvalue weighted by molar-refractivity contribution is 7.84. The highest BCUT2D eigenvalue weighted by Crippen LogP contribution is 2.27. The first-order valence-corrected chi connectivity index (χ1v) is 10.1. The summed E-state index contributed by atoms with van der Waals surface area (Å²) in [6, 6.07) is 15.5. The normalized spacial score (nSPS) is 14.6. The van der Waals surface area contributed by atoms with E-state index in [1.165, 1.54) is 6.08 Å². The van der Waals surface area contributed by atoms with Crippen LogP contribution in [0.15, 0.2) is 67.3 Å². The SMILES string of the molecule is C=C[C@@H](OC(=O)c1ccccc1)[C@@H](NS(=O)C(C)(C)C)c1cccc(OC)c1. The molecule has 0 aliphatic rings. The number of carbonyl (C=O) groups is 1.